The molecule has 0 heterocycles. The van der Waals surface area contributed by atoms with E-state index >= 15 is 0 Å². The fraction of sp³-hybridized carbons (Fsp3) is 0.833. The minimum atomic E-state index is 0.164. The van der Waals surface area contributed by atoms with Gasteiger partial charge in [0.25, 0.3) is 0 Å². The molecule has 0 aromatic rings. The van der Waals surface area contributed by atoms with Gasteiger partial charge in [-0.2, -0.15) is 0 Å². The van der Waals surface area contributed by atoms with Crippen LogP contribution in [0.25, 0.3) is 0 Å². The lowest BCUT2D eigenvalue weighted by atomic mass is 10.2. The second kappa shape index (κ2) is 4.54. The predicted octanol–water partition coefficient (Wildman–Crippen LogP) is 1.51. The average molecular weight is 113 g/mol. The zero-order valence-electron chi connectivity index (χ0n) is 5.35. The van der Waals surface area contributed by atoms with Crippen molar-refractivity contribution < 1.29 is 4.79 Å². The topological polar surface area (TPSA) is 29.4 Å². The molecule has 0 N–H and O–H groups in total. The largest absolute Gasteiger partial charge is 0.235 e. The number of aliphatic imine (C=N–C) groups is 1. The zero-order valence-corrected chi connectivity index (χ0v) is 5.35. The van der Waals surface area contributed by atoms with Crippen LogP contribution in [0.2, 0.25) is 0 Å². The molecule has 0 bridgehead atoms. The van der Waals surface area contributed by atoms with Gasteiger partial charge in [0.15, 0.2) is 0 Å². The molecule has 0 aliphatic carbocycles. The highest BCUT2D eigenvalue weighted by molar-refractivity contribution is 5.33. The first-order chi connectivity index (χ1) is 3.81. The van der Waals surface area contributed by atoms with Crippen LogP contribution in [0.1, 0.15) is 26.7 Å². The average Bonchev–Trinajstić information content (AvgIpc) is 1.68. The van der Waals surface area contributed by atoms with E-state index < -0.39 is 0 Å². The van der Waals surface area contributed by atoms with E-state index in [0.29, 0.717) is 0 Å². The third kappa shape index (κ3) is 3.57. The van der Waals surface area contributed by atoms with Gasteiger partial charge in [0, 0.05) is 0 Å². The van der Waals surface area contributed by atoms with Gasteiger partial charge < -0.3 is 0 Å². The Morgan fingerprint density at radius 3 is 2.75 bits per heavy atom. The van der Waals surface area contributed by atoms with Gasteiger partial charge in [0.2, 0.25) is 6.08 Å². The molecule has 0 aromatic heterocycles. The summed E-state index contributed by atoms with van der Waals surface area (Å²) in [7, 11) is 0. The maximum atomic E-state index is 9.60. The highest BCUT2D eigenvalue weighted by Crippen LogP contribution is 1.97. The molecule has 0 saturated carbocycles. The van der Waals surface area contributed by atoms with Crippen LogP contribution in [-0.2, 0) is 4.79 Å². The second-order valence-corrected chi connectivity index (χ2v) is 1.86. The summed E-state index contributed by atoms with van der Waals surface area (Å²) in [6.45, 7) is 3.98. The van der Waals surface area contributed by atoms with Crippen molar-refractivity contribution in [3.05, 3.63) is 0 Å². The van der Waals surface area contributed by atoms with Crippen molar-refractivity contribution in [1.29, 1.82) is 0 Å². The molecule has 0 aliphatic heterocycles. The molecule has 0 rings (SSSR count). The van der Waals surface area contributed by atoms with E-state index in [1.54, 1.807) is 0 Å². The van der Waals surface area contributed by atoms with Crippen LogP contribution in [0.5, 0.6) is 0 Å². The summed E-state index contributed by atoms with van der Waals surface area (Å²) in [6.07, 6.45) is 3.58. The maximum Gasteiger partial charge on any atom is 0.235 e. The zero-order chi connectivity index (χ0) is 6.41. The fourth-order valence-electron chi connectivity index (χ4n) is 0.572. The van der Waals surface area contributed by atoms with Gasteiger partial charge in [-0.3, -0.25) is 0 Å². The third-order valence-electron chi connectivity index (χ3n) is 0.980. The number of nitrogens with zero attached hydrogens (tertiary/aromatic N) is 1. The van der Waals surface area contributed by atoms with E-state index in [1.165, 1.54) is 6.08 Å². The fourth-order valence-corrected chi connectivity index (χ4v) is 0.572. The highest BCUT2D eigenvalue weighted by Gasteiger charge is 1.92. The van der Waals surface area contributed by atoms with Gasteiger partial charge in [-0.25, -0.2) is 9.79 Å². The number of isocyanates is 1. The van der Waals surface area contributed by atoms with Gasteiger partial charge in [-0.1, -0.05) is 13.3 Å². The molecular formula is C6H11NO. The molecule has 0 saturated heterocycles. The maximum absolute atomic E-state index is 9.60. The normalized spacial score (nSPS) is 12.2. The molecule has 0 spiro atoms. The highest BCUT2D eigenvalue weighted by atomic mass is 16.1. The molecule has 0 radical (unpaired) electrons. The Morgan fingerprint density at radius 2 is 2.38 bits per heavy atom. The minimum Gasteiger partial charge on any atom is -0.211 e. The summed E-state index contributed by atoms with van der Waals surface area (Å²) in [5.74, 6) is 0. The lowest BCUT2D eigenvalue weighted by Crippen LogP contribution is -1.94. The smallest absolute Gasteiger partial charge is 0.211 e. The van der Waals surface area contributed by atoms with E-state index in [4.69, 9.17) is 0 Å². The Balaban J connectivity index is 3.31. The van der Waals surface area contributed by atoms with E-state index in [2.05, 4.69) is 11.9 Å². The summed E-state index contributed by atoms with van der Waals surface area (Å²) >= 11 is 0. The summed E-state index contributed by atoms with van der Waals surface area (Å²) in [6, 6.07) is 0.164. The lowest BCUT2D eigenvalue weighted by molar-refractivity contribution is 0.554. The summed E-state index contributed by atoms with van der Waals surface area (Å²) in [5, 5.41) is 0. The van der Waals surface area contributed by atoms with E-state index in [9.17, 15) is 4.79 Å². The van der Waals surface area contributed by atoms with Crippen molar-refractivity contribution in [3.8, 4) is 0 Å². The quantitative estimate of drug-likeness (QED) is 0.403. The van der Waals surface area contributed by atoms with Crippen LogP contribution in [-0.4, -0.2) is 12.1 Å². The van der Waals surface area contributed by atoms with E-state index in [0.717, 1.165) is 12.8 Å². The van der Waals surface area contributed by atoms with E-state index in [-0.39, 0.29) is 6.04 Å². The van der Waals surface area contributed by atoms with Crippen molar-refractivity contribution in [2.45, 2.75) is 32.7 Å². The molecule has 2 heteroatoms. The first kappa shape index (κ1) is 7.38. The molecule has 0 fully saturated rings. The van der Waals surface area contributed by atoms with Crippen molar-refractivity contribution in [3.63, 3.8) is 0 Å². The number of hydrogen-bond acceptors (Lipinski definition) is 2. The Hall–Kier alpha value is -0.620. The van der Waals surface area contributed by atoms with Crippen LogP contribution in [0.4, 0.5) is 0 Å². The summed E-state index contributed by atoms with van der Waals surface area (Å²) < 4.78 is 0. The molecule has 46 valence electrons. The molecule has 0 aromatic carbocycles. The first-order valence-electron chi connectivity index (χ1n) is 2.88. The first-order valence-corrected chi connectivity index (χ1v) is 2.88. The van der Waals surface area contributed by atoms with E-state index in [1.807, 2.05) is 6.92 Å². The molecule has 1 atom stereocenters. The Kier molecular flexibility index (Phi) is 4.19. The van der Waals surface area contributed by atoms with Gasteiger partial charge >= 0.3 is 0 Å². The summed E-state index contributed by atoms with van der Waals surface area (Å²) in [5.41, 5.74) is 0. The van der Waals surface area contributed by atoms with Crippen LogP contribution in [0, 0.1) is 0 Å². The molecule has 0 amide bonds. The molecule has 0 aliphatic rings. The van der Waals surface area contributed by atoms with Gasteiger partial charge in [0.05, 0.1) is 6.04 Å². The minimum absolute atomic E-state index is 0.164. The monoisotopic (exact) mass is 113 g/mol. The Morgan fingerprint density at radius 1 is 1.75 bits per heavy atom. The molecular weight excluding hydrogens is 102 g/mol. The van der Waals surface area contributed by atoms with Gasteiger partial charge in [-0.05, 0) is 13.3 Å². The molecule has 2 nitrogen and oxygen atoms in total. The Bertz CT molecular complexity index is 94.7. The SMILES string of the molecule is CCC[C@H](C)N=C=O. The number of rotatable bonds is 3. The lowest BCUT2D eigenvalue weighted by Gasteiger charge is -1.96. The standard InChI is InChI=1S/C6H11NO/c1-3-4-6(2)7-5-8/h6H,3-4H2,1-2H3/t6-/m0/s1. The second-order valence-electron chi connectivity index (χ2n) is 1.86. The van der Waals surface area contributed by atoms with Crippen LogP contribution >= 0.6 is 0 Å². The van der Waals surface area contributed by atoms with Crippen molar-refractivity contribution in [2.24, 2.45) is 4.99 Å². The van der Waals surface area contributed by atoms with Crippen LogP contribution in [0.3, 0.4) is 0 Å². The van der Waals surface area contributed by atoms with Crippen LogP contribution in [0.15, 0.2) is 4.99 Å². The van der Waals surface area contributed by atoms with Crippen LogP contribution < -0.4 is 0 Å². The van der Waals surface area contributed by atoms with Gasteiger partial charge in [0.1, 0.15) is 0 Å². The number of hydrogen-bond donors (Lipinski definition) is 0. The molecule has 8 heavy (non-hydrogen) atoms. The van der Waals surface area contributed by atoms with Crippen molar-refractivity contribution in [1.82, 2.24) is 0 Å². The number of carbonyl (C=O) groups excluding carboxylic acids is 1. The summed E-state index contributed by atoms with van der Waals surface area (Å²) in [4.78, 5) is 13.1. The third-order valence-corrected chi connectivity index (χ3v) is 0.980. The van der Waals surface area contributed by atoms with Crippen molar-refractivity contribution in [2.75, 3.05) is 0 Å². The van der Waals surface area contributed by atoms with Crippen molar-refractivity contribution >= 4 is 6.08 Å². The Labute approximate surface area is 49.6 Å². The predicted molar refractivity (Wildman–Crippen MR) is 32.5 cm³/mol. The molecule has 0 unspecified atom stereocenters. The van der Waals surface area contributed by atoms with Gasteiger partial charge in [-0.15, -0.1) is 0 Å².